The van der Waals surface area contributed by atoms with Gasteiger partial charge in [-0.25, -0.2) is 4.79 Å². The van der Waals surface area contributed by atoms with E-state index in [0.717, 1.165) is 0 Å². The van der Waals surface area contributed by atoms with Gasteiger partial charge in [-0.05, 0) is 31.2 Å². The summed E-state index contributed by atoms with van der Waals surface area (Å²) in [6.07, 6.45) is 0. The first-order valence-electron chi connectivity index (χ1n) is 4.45. The van der Waals surface area contributed by atoms with Gasteiger partial charge in [-0.3, -0.25) is 0 Å². The van der Waals surface area contributed by atoms with Crippen LogP contribution in [0.25, 0.3) is 0 Å². The molecule has 0 aromatic heterocycles. The third-order valence-electron chi connectivity index (χ3n) is 1.81. The van der Waals surface area contributed by atoms with Crippen LogP contribution in [0.4, 0.5) is 19.4 Å². The number of carbonyl (C=O) groups excluding carboxylic acids is 1. The SMILES string of the molecule is CCOC(=O)c1ccc(S(F)(F)(F)(F)F)cc1. The number of benzene rings is 1. The largest absolute Gasteiger partial charge is 0.462 e. The monoisotopic (exact) mass is 276 g/mol. The van der Waals surface area contributed by atoms with Crippen LogP contribution in [0.15, 0.2) is 29.2 Å². The molecule has 0 unspecified atom stereocenters. The fraction of sp³-hybridized carbons (Fsp3) is 0.222. The molecule has 0 radical (unpaired) electrons. The normalized spacial score (nSPS) is 15.9. The summed E-state index contributed by atoms with van der Waals surface area (Å²) in [7, 11) is -9.66. The summed E-state index contributed by atoms with van der Waals surface area (Å²) >= 11 is 0. The molecule has 0 N–H and O–H groups in total. The zero-order valence-corrected chi connectivity index (χ0v) is 9.45. The third-order valence-corrected chi connectivity index (χ3v) is 2.97. The molecule has 1 aromatic rings. The van der Waals surface area contributed by atoms with E-state index in [-0.39, 0.29) is 24.3 Å². The first kappa shape index (κ1) is 13.8. The van der Waals surface area contributed by atoms with Crippen LogP contribution in [-0.2, 0) is 4.74 Å². The average Bonchev–Trinajstić information content (AvgIpc) is 2.15. The lowest BCUT2D eigenvalue weighted by molar-refractivity contribution is 0.0526. The summed E-state index contributed by atoms with van der Waals surface area (Å²) in [5.74, 6) is -0.860. The van der Waals surface area contributed by atoms with Crippen molar-refractivity contribution in [2.24, 2.45) is 0 Å². The molecule has 2 nitrogen and oxygen atoms in total. The van der Waals surface area contributed by atoms with E-state index < -0.39 is 21.1 Å². The summed E-state index contributed by atoms with van der Waals surface area (Å²) in [5.41, 5.74) is -0.211. The lowest BCUT2D eigenvalue weighted by Crippen LogP contribution is -2.08. The minimum absolute atomic E-state index is 0.0438. The molecule has 0 amide bonds. The average molecular weight is 276 g/mol. The van der Waals surface area contributed by atoms with Crippen LogP contribution >= 0.6 is 10.2 Å². The Morgan fingerprint density at radius 1 is 1.12 bits per heavy atom. The lowest BCUT2D eigenvalue weighted by Gasteiger charge is -2.40. The fourth-order valence-electron chi connectivity index (χ4n) is 1.06. The molecule has 1 rings (SSSR count). The van der Waals surface area contributed by atoms with E-state index >= 15 is 0 Å². The molecule has 0 spiro atoms. The van der Waals surface area contributed by atoms with Gasteiger partial charge in [0.15, 0.2) is 0 Å². The Hall–Kier alpha value is -1.31. The number of halogens is 5. The van der Waals surface area contributed by atoms with Crippen molar-refractivity contribution in [2.75, 3.05) is 6.61 Å². The van der Waals surface area contributed by atoms with E-state index in [1.807, 2.05) is 0 Å². The topological polar surface area (TPSA) is 26.3 Å². The maximum absolute atomic E-state index is 12.3. The summed E-state index contributed by atoms with van der Waals surface area (Å²) in [6.45, 7) is 1.56. The molecule has 17 heavy (non-hydrogen) atoms. The van der Waals surface area contributed by atoms with E-state index in [2.05, 4.69) is 4.74 Å². The van der Waals surface area contributed by atoms with Gasteiger partial charge < -0.3 is 4.74 Å². The van der Waals surface area contributed by atoms with Crippen molar-refractivity contribution in [3.05, 3.63) is 29.8 Å². The van der Waals surface area contributed by atoms with Gasteiger partial charge in [0.25, 0.3) is 0 Å². The molecular weight excluding hydrogens is 267 g/mol. The number of esters is 1. The van der Waals surface area contributed by atoms with E-state index in [1.165, 1.54) is 6.92 Å². The van der Waals surface area contributed by atoms with E-state index in [4.69, 9.17) is 0 Å². The Morgan fingerprint density at radius 2 is 1.59 bits per heavy atom. The smallest absolute Gasteiger partial charge is 0.338 e. The molecule has 1 aromatic carbocycles. The maximum atomic E-state index is 12.3. The molecule has 0 aliphatic carbocycles. The highest BCUT2D eigenvalue weighted by molar-refractivity contribution is 8.45. The fourth-order valence-corrected chi connectivity index (χ4v) is 1.71. The minimum Gasteiger partial charge on any atom is -0.462 e. The Balaban J connectivity index is 3.10. The van der Waals surface area contributed by atoms with Gasteiger partial charge in [0.1, 0.15) is 4.90 Å². The predicted octanol–water partition coefficient (Wildman–Crippen LogP) is 4.52. The Bertz CT molecular complexity index is 436. The van der Waals surface area contributed by atoms with Crippen LogP contribution in [0.2, 0.25) is 0 Å². The van der Waals surface area contributed by atoms with Gasteiger partial charge in [0.2, 0.25) is 0 Å². The van der Waals surface area contributed by atoms with E-state index in [0.29, 0.717) is 12.1 Å². The molecule has 0 atom stereocenters. The summed E-state index contributed by atoms with van der Waals surface area (Å²) in [6, 6.07) is 1.66. The van der Waals surface area contributed by atoms with Crippen molar-refractivity contribution in [1.29, 1.82) is 0 Å². The van der Waals surface area contributed by atoms with Gasteiger partial charge in [0, 0.05) is 0 Å². The highest BCUT2D eigenvalue weighted by Gasteiger charge is 2.65. The second-order valence-corrected chi connectivity index (χ2v) is 5.62. The maximum Gasteiger partial charge on any atom is 0.338 e. The molecule has 0 fully saturated rings. The zero-order valence-electron chi connectivity index (χ0n) is 8.63. The summed E-state index contributed by atoms with van der Waals surface area (Å²) < 4.78 is 66.1. The number of hydrogen-bond acceptors (Lipinski definition) is 2. The third kappa shape index (κ3) is 3.58. The van der Waals surface area contributed by atoms with Crippen LogP contribution in [-0.4, -0.2) is 12.6 Å². The lowest BCUT2D eigenvalue weighted by atomic mass is 10.2. The molecule has 0 aliphatic heterocycles. The minimum atomic E-state index is -9.66. The predicted molar refractivity (Wildman–Crippen MR) is 53.8 cm³/mol. The molecule has 0 bridgehead atoms. The van der Waals surface area contributed by atoms with Gasteiger partial charge in [-0.2, -0.15) is 0 Å². The van der Waals surface area contributed by atoms with E-state index in [1.54, 1.807) is 0 Å². The van der Waals surface area contributed by atoms with Gasteiger partial charge in [-0.15, -0.1) is 0 Å². The van der Waals surface area contributed by atoms with Crippen molar-refractivity contribution in [1.82, 2.24) is 0 Å². The van der Waals surface area contributed by atoms with Crippen molar-refractivity contribution < 1.29 is 29.0 Å². The summed E-state index contributed by atoms with van der Waals surface area (Å²) in [5, 5.41) is 0. The van der Waals surface area contributed by atoms with Crippen molar-refractivity contribution in [3.63, 3.8) is 0 Å². The summed E-state index contributed by atoms with van der Waals surface area (Å²) in [4.78, 5) is 9.05. The van der Waals surface area contributed by atoms with Crippen LogP contribution in [0.1, 0.15) is 17.3 Å². The van der Waals surface area contributed by atoms with Crippen LogP contribution in [0.3, 0.4) is 0 Å². The van der Waals surface area contributed by atoms with Crippen LogP contribution < -0.4 is 0 Å². The Labute approximate surface area is 94.1 Å². The first-order valence-corrected chi connectivity index (χ1v) is 6.40. The number of hydrogen-bond donors (Lipinski definition) is 0. The number of rotatable bonds is 3. The molecule has 0 aliphatic rings. The standard InChI is InChI=1S/C9H9F5O2S/c1-2-16-9(15)7-3-5-8(6-4-7)17(10,11,12,13)14/h3-6H,2H2,1H3. The Kier molecular flexibility index (Phi) is 2.71. The van der Waals surface area contributed by atoms with Gasteiger partial charge in [0.05, 0.1) is 12.2 Å². The quantitative estimate of drug-likeness (QED) is 0.599. The highest BCUT2D eigenvalue weighted by Crippen LogP contribution is 3.02. The van der Waals surface area contributed by atoms with Crippen molar-refractivity contribution >= 4 is 16.2 Å². The van der Waals surface area contributed by atoms with Crippen LogP contribution in [0.5, 0.6) is 0 Å². The van der Waals surface area contributed by atoms with Crippen molar-refractivity contribution in [3.8, 4) is 0 Å². The first-order chi connectivity index (χ1) is 7.44. The molecule has 0 saturated carbocycles. The second-order valence-electron chi connectivity index (χ2n) is 3.21. The molecule has 98 valence electrons. The molecule has 0 heterocycles. The molecular formula is C9H9F5O2S. The van der Waals surface area contributed by atoms with Gasteiger partial charge in [-0.1, -0.05) is 19.4 Å². The second kappa shape index (κ2) is 3.34. The Morgan fingerprint density at radius 3 is 1.94 bits per heavy atom. The van der Waals surface area contributed by atoms with E-state index in [9.17, 15) is 24.2 Å². The van der Waals surface area contributed by atoms with Crippen molar-refractivity contribution in [2.45, 2.75) is 11.8 Å². The molecule has 8 heteroatoms. The number of ether oxygens (including phenoxy) is 1. The van der Waals surface area contributed by atoms with Gasteiger partial charge >= 0.3 is 16.2 Å². The van der Waals surface area contributed by atoms with Crippen LogP contribution in [0, 0.1) is 0 Å². The number of carbonyl (C=O) groups is 1. The zero-order chi connectivity index (χ0) is 13.4. The molecule has 0 saturated heterocycles. The highest BCUT2D eigenvalue weighted by atomic mass is 32.5.